The highest BCUT2D eigenvalue weighted by Crippen LogP contribution is 2.28. The molecule has 0 radical (unpaired) electrons. The summed E-state index contributed by atoms with van der Waals surface area (Å²) >= 11 is 0. The highest BCUT2D eigenvalue weighted by Gasteiger charge is 2.16. The van der Waals surface area contributed by atoms with Gasteiger partial charge in [0, 0.05) is 19.2 Å². The third-order valence-corrected chi connectivity index (χ3v) is 3.72. The molecule has 0 saturated carbocycles. The van der Waals surface area contributed by atoms with Crippen LogP contribution in [-0.4, -0.2) is 43.1 Å². The number of nitro benzene ring substituents is 1. The third-order valence-electron chi connectivity index (χ3n) is 3.72. The first-order chi connectivity index (χ1) is 10.2. The van der Waals surface area contributed by atoms with Crippen molar-refractivity contribution in [2.45, 2.75) is 25.8 Å². The molecule has 116 valence electrons. The first kappa shape index (κ1) is 15.7. The van der Waals surface area contributed by atoms with Gasteiger partial charge in [-0.05, 0) is 44.6 Å². The number of piperidine rings is 1. The molecule has 1 aliphatic rings. The zero-order chi connectivity index (χ0) is 15.1. The van der Waals surface area contributed by atoms with Crippen molar-refractivity contribution in [3.05, 3.63) is 33.9 Å². The van der Waals surface area contributed by atoms with E-state index in [1.807, 2.05) is 7.05 Å². The highest BCUT2D eigenvalue weighted by atomic mass is 16.6. The van der Waals surface area contributed by atoms with E-state index in [4.69, 9.17) is 4.74 Å². The fourth-order valence-electron chi connectivity index (χ4n) is 2.61. The van der Waals surface area contributed by atoms with Crippen molar-refractivity contribution in [2.24, 2.45) is 0 Å². The van der Waals surface area contributed by atoms with Crippen LogP contribution in [0.1, 0.15) is 24.8 Å². The van der Waals surface area contributed by atoms with Crippen molar-refractivity contribution < 1.29 is 9.66 Å². The number of nitrogens with one attached hydrogen (secondary N) is 1. The molecule has 0 spiro atoms. The maximum atomic E-state index is 11.1. The minimum Gasteiger partial charge on any atom is -0.485 e. The second kappa shape index (κ2) is 7.95. The fraction of sp³-hybridized carbons (Fsp3) is 0.600. The summed E-state index contributed by atoms with van der Waals surface area (Å²) in [4.78, 5) is 13.0. The van der Waals surface area contributed by atoms with Crippen molar-refractivity contribution >= 4 is 5.69 Å². The second-order valence-corrected chi connectivity index (χ2v) is 5.34. The van der Waals surface area contributed by atoms with E-state index < -0.39 is 0 Å². The molecule has 1 fully saturated rings. The lowest BCUT2D eigenvalue weighted by Gasteiger charge is -2.26. The molecule has 0 aliphatic carbocycles. The number of nitro groups is 1. The number of likely N-dealkylation sites (tertiary alicyclic amines) is 1. The molecule has 21 heavy (non-hydrogen) atoms. The van der Waals surface area contributed by atoms with Gasteiger partial charge in [0.05, 0.1) is 4.92 Å². The molecule has 2 rings (SSSR count). The van der Waals surface area contributed by atoms with Gasteiger partial charge in [0.1, 0.15) is 6.61 Å². The second-order valence-electron chi connectivity index (χ2n) is 5.34. The molecule has 1 aromatic carbocycles. The number of benzene rings is 1. The van der Waals surface area contributed by atoms with E-state index in [0.717, 1.165) is 25.2 Å². The van der Waals surface area contributed by atoms with Crippen molar-refractivity contribution in [1.29, 1.82) is 0 Å². The Morgan fingerprint density at radius 3 is 2.76 bits per heavy atom. The van der Waals surface area contributed by atoms with Crippen LogP contribution in [0.3, 0.4) is 0 Å². The minimum atomic E-state index is -0.390. The van der Waals surface area contributed by atoms with E-state index in [-0.39, 0.29) is 10.6 Å². The third kappa shape index (κ3) is 4.68. The van der Waals surface area contributed by atoms with Gasteiger partial charge >= 0.3 is 5.69 Å². The van der Waals surface area contributed by atoms with Crippen LogP contribution in [0.15, 0.2) is 18.2 Å². The molecule has 0 amide bonds. The van der Waals surface area contributed by atoms with Crippen molar-refractivity contribution in [1.82, 2.24) is 10.2 Å². The Morgan fingerprint density at radius 2 is 2.10 bits per heavy atom. The molecule has 0 aromatic heterocycles. The standard InChI is InChI=1S/C15H23N3O3/c1-16-12-13-5-6-14(18(19)20)15(11-13)21-10-9-17-7-3-2-4-8-17/h5-6,11,16H,2-4,7-10,12H2,1H3. The highest BCUT2D eigenvalue weighted by molar-refractivity contribution is 5.48. The van der Waals surface area contributed by atoms with E-state index in [1.165, 1.54) is 25.3 Å². The predicted octanol–water partition coefficient (Wildman–Crippen LogP) is 2.18. The maximum Gasteiger partial charge on any atom is 0.310 e. The summed E-state index contributed by atoms with van der Waals surface area (Å²) in [7, 11) is 1.85. The summed E-state index contributed by atoms with van der Waals surface area (Å²) in [5.41, 5.74) is 1.02. The topological polar surface area (TPSA) is 67.6 Å². The smallest absolute Gasteiger partial charge is 0.310 e. The summed E-state index contributed by atoms with van der Waals surface area (Å²) in [6, 6.07) is 5.03. The molecular formula is C15H23N3O3. The molecule has 6 heteroatoms. The van der Waals surface area contributed by atoms with Crippen LogP contribution in [0.5, 0.6) is 5.75 Å². The SMILES string of the molecule is CNCc1ccc([N+](=O)[O-])c(OCCN2CCCCC2)c1. The molecule has 1 aromatic rings. The maximum absolute atomic E-state index is 11.1. The molecule has 1 aliphatic heterocycles. The minimum absolute atomic E-state index is 0.0356. The van der Waals surface area contributed by atoms with Crippen molar-refractivity contribution in [3.8, 4) is 5.75 Å². The van der Waals surface area contributed by atoms with Gasteiger partial charge in [-0.3, -0.25) is 15.0 Å². The normalized spacial score (nSPS) is 15.9. The van der Waals surface area contributed by atoms with Crippen molar-refractivity contribution in [3.63, 3.8) is 0 Å². The zero-order valence-electron chi connectivity index (χ0n) is 12.5. The average Bonchev–Trinajstić information content (AvgIpc) is 2.49. The van der Waals surface area contributed by atoms with Gasteiger partial charge in [0.15, 0.2) is 5.75 Å². The predicted molar refractivity (Wildman–Crippen MR) is 81.6 cm³/mol. The van der Waals surface area contributed by atoms with E-state index in [2.05, 4.69) is 10.2 Å². The Balaban J connectivity index is 1.95. The summed E-state index contributed by atoms with van der Waals surface area (Å²) in [6.45, 7) is 4.19. The van der Waals surface area contributed by atoms with Gasteiger partial charge < -0.3 is 10.1 Å². The van der Waals surface area contributed by atoms with Crippen LogP contribution in [-0.2, 0) is 6.54 Å². The van der Waals surface area contributed by atoms with Gasteiger partial charge in [0.25, 0.3) is 0 Å². The number of hydrogen-bond donors (Lipinski definition) is 1. The van der Waals surface area contributed by atoms with Gasteiger partial charge in [-0.1, -0.05) is 12.5 Å². The van der Waals surface area contributed by atoms with Gasteiger partial charge in [0.2, 0.25) is 0 Å². The van der Waals surface area contributed by atoms with Gasteiger partial charge in [-0.25, -0.2) is 0 Å². The van der Waals surface area contributed by atoms with Gasteiger partial charge in [-0.15, -0.1) is 0 Å². The van der Waals surface area contributed by atoms with E-state index in [9.17, 15) is 10.1 Å². The zero-order valence-corrected chi connectivity index (χ0v) is 12.5. The average molecular weight is 293 g/mol. The van der Waals surface area contributed by atoms with E-state index >= 15 is 0 Å². The van der Waals surface area contributed by atoms with Crippen LogP contribution < -0.4 is 10.1 Å². The van der Waals surface area contributed by atoms with Crippen LogP contribution in [0.25, 0.3) is 0 Å². The van der Waals surface area contributed by atoms with Crippen LogP contribution in [0.4, 0.5) is 5.69 Å². The Hall–Kier alpha value is -1.66. The Labute approximate surface area is 125 Å². The number of nitrogens with zero attached hydrogens (tertiary/aromatic N) is 2. The fourth-order valence-corrected chi connectivity index (χ4v) is 2.61. The lowest BCUT2D eigenvalue weighted by Crippen LogP contribution is -2.33. The Morgan fingerprint density at radius 1 is 1.33 bits per heavy atom. The van der Waals surface area contributed by atoms with Crippen LogP contribution >= 0.6 is 0 Å². The molecule has 1 N–H and O–H groups in total. The summed E-state index contributed by atoms with van der Waals surface area (Å²) in [6.07, 6.45) is 3.77. The van der Waals surface area contributed by atoms with Crippen LogP contribution in [0.2, 0.25) is 0 Å². The Bertz CT molecular complexity index is 473. The molecule has 0 atom stereocenters. The van der Waals surface area contributed by atoms with E-state index in [1.54, 1.807) is 12.1 Å². The number of hydrogen-bond acceptors (Lipinski definition) is 5. The van der Waals surface area contributed by atoms with E-state index in [0.29, 0.717) is 18.9 Å². The molecule has 0 bridgehead atoms. The van der Waals surface area contributed by atoms with Crippen LogP contribution in [0, 0.1) is 10.1 Å². The molecule has 1 saturated heterocycles. The molecular weight excluding hydrogens is 270 g/mol. The summed E-state index contributed by atoms with van der Waals surface area (Å²) in [5, 5.41) is 14.1. The Kier molecular flexibility index (Phi) is 5.95. The van der Waals surface area contributed by atoms with Gasteiger partial charge in [-0.2, -0.15) is 0 Å². The quantitative estimate of drug-likeness (QED) is 0.616. The monoisotopic (exact) mass is 293 g/mol. The number of rotatable bonds is 7. The first-order valence-electron chi connectivity index (χ1n) is 7.48. The lowest BCUT2D eigenvalue weighted by molar-refractivity contribution is -0.385. The first-order valence-corrected chi connectivity index (χ1v) is 7.48. The number of ether oxygens (including phenoxy) is 1. The molecule has 0 unspecified atom stereocenters. The summed E-state index contributed by atoms with van der Waals surface area (Å²) < 4.78 is 5.68. The molecule has 1 heterocycles. The largest absolute Gasteiger partial charge is 0.485 e. The van der Waals surface area contributed by atoms with Crippen molar-refractivity contribution in [2.75, 3.05) is 33.3 Å². The molecule has 6 nitrogen and oxygen atoms in total. The summed E-state index contributed by atoms with van der Waals surface area (Å²) in [5.74, 6) is 0.366. The lowest BCUT2D eigenvalue weighted by atomic mass is 10.1.